The maximum Gasteiger partial charge on any atom is 0.298 e. The van der Waals surface area contributed by atoms with E-state index < -0.39 is 0 Å². The number of rotatable bonds is 5. The van der Waals surface area contributed by atoms with Crippen LogP contribution in [0.4, 0.5) is 5.69 Å². The molecule has 1 aliphatic heterocycles. The van der Waals surface area contributed by atoms with Crippen LogP contribution in [0.15, 0.2) is 17.1 Å². The molecular weight excluding hydrogens is 332 g/mol. The van der Waals surface area contributed by atoms with E-state index in [-0.39, 0.29) is 0 Å². The summed E-state index contributed by atoms with van der Waals surface area (Å²) in [7, 11) is 0. The minimum Gasteiger partial charge on any atom is -0.430 e. The van der Waals surface area contributed by atoms with Crippen molar-refractivity contribution in [3.8, 4) is 10.9 Å². The Hall–Kier alpha value is -1.95. The molecule has 0 atom stereocenters. The van der Waals surface area contributed by atoms with Crippen LogP contribution in [0.5, 0.6) is 10.9 Å². The third-order valence-corrected chi connectivity index (χ3v) is 5.42. The zero-order chi connectivity index (χ0) is 17.2. The number of ether oxygens (including phenoxy) is 1. The molecule has 1 aliphatic carbocycles. The molecule has 0 unspecified atom stereocenters. The second-order valence-corrected chi connectivity index (χ2v) is 7.75. The number of hydrogen-bond acceptors (Lipinski definition) is 5. The predicted octanol–water partition coefficient (Wildman–Crippen LogP) is 4.97. The third-order valence-electron chi connectivity index (χ3n) is 4.81. The number of likely N-dealkylation sites (tertiary alicyclic amines) is 1. The van der Waals surface area contributed by atoms with E-state index in [1.165, 1.54) is 43.6 Å². The maximum atomic E-state index is 5.98. The summed E-state index contributed by atoms with van der Waals surface area (Å²) in [5.74, 6) is 2.34. The Balaban J connectivity index is 1.47. The first kappa shape index (κ1) is 16.5. The molecule has 5 nitrogen and oxygen atoms in total. The van der Waals surface area contributed by atoms with Gasteiger partial charge in [-0.1, -0.05) is 0 Å². The molecule has 132 valence electrons. The topological polar surface area (TPSA) is 50.6 Å². The molecule has 2 heterocycles. The number of hydrogen-bond donors (Lipinski definition) is 0. The van der Waals surface area contributed by atoms with Crippen molar-refractivity contribution in [1.82, 2.24) is 14.3 Å². The monoisotopic (exact) mass is 356 g/mol. The van der Waals surface area contributed by atoms with E-state index in [9.17, 15) is 0 Å². The van der Waals surface area contributed by atoms with E-state index in [0.29, 0.717) is 11.1 Å². The molecule has 0 radical (unpaired) electrons. The van der Waals surface area contributed by atoms with Crippen molar-refractivity contribution in [2.45, 2.75) is 51.9 Å². The highest BCUT2D eigenvalue weighted by atomic mass is 32.1. The van der Waals surface area contributed by atoms with E-state index in [0.717, 1.165) is 41.5 Å². The molecular formula is C19H24N4OS. The highest BCUT2D eigenvalue weighted by Gasteiger charge is 2.28. The summed E-state index contributed by atoms with van der Waals surface area (Å²) in [6, 6.07) is 4.14. The van der Waals surface area contributed by atoms with Gasteiger partial charge in [-0.25, -0.2) is 4.99 Å². The van der Waals surface area contributed by atoms with Crippen LogP contribution in [0.3, 0.4) is 0 Å². The Morgan fingerprint density at radius 3 is 2.72 bits per heavy atom. The van der Waals surface area contributed by atoms with Gasteiger partial charge in [0.25, 0.3) is 5.19 Å². The summed E-state index contributed by atoms with van der Waals surface area (Å²) in [5, 5.41) is 0.633. The Bertz CT molecular complexity index is 776. The minimum atomic E-state index is 0.558. The summed E-state index contributed by atoms with van der Waals surface area (Å²) in [5.41, 5.74) is 3.19. The van der Waals surface area contributed by atoms with Gasteiger partial charge in [0.1, 0.15) is 11.6 Å². The zero-order valence-electron chi connectivity index (χ0n) is 14.9. The van der Waals surface area contributed by atoms with Gasteiger partial charge in [0.15, 0.2) is 0 Å². The number of nitrogens with zero attached hydrogens (tertiary/aromatic N) is 4. The van der Waals surface area contributed by atoms with Crippen molar-refractivity contribution >= 4 is 23.6 Å². The normalized spacial score (nSPS) is 18.1. The summed E-state index contributed by atoms with van der Waals surface area (Å²) in [4.78, 5) is 11.5. The summed E-state index contributed by atoms with van der Waals surface area (Å²) < 4.78 is 10.4. The van der Waals surface area contributed by atoms with Gasteiger partial charge in [0, 0.05) is 30.5 Å². The van der Waals surface area contributed by atoms with Gasteiger partial charge < -0.3 is 9.64 Å². The highest BCUT2D eigenvalue weighted by Crippen LogP contribution is 2.40. The molecule has 0 spiro atoms. The fourth-order valence-electron chi connectivity index (χ4n) is 3.06. The molecule has 0 N–H and O–H groups in total. The average molecular weight is 356 g/mol. The van der Waals surface area contributed by atoms with Crippen LogP contribution in [0.1, 0.15) is 55.0 Å². The second kappa shape index (κ2) is 7.12. The first-order valence-corrected chi connectivity index (χ1v) is 9.87. The van der Waals surface area contributed by atoms with Crippen LogP contribution in [0.2, 0.25) is 0 Å². The number of aryl methyl sites for hydroxylation is 2. The fourth-order valence-corrected chi connectivity index (χ4v) is 3.69. The zero-order valence-corrected chi connectivity index (χ0v) is 15.7. The molecule has 0 amide bonds. The predicted molar refractivity (Wildman–Crippen MR) is 101 cm³/mol. The lowest BCUT2D eigenvalue weighted by Gasteiger charge is -2.23. The van der Waals surface area contributed by atoms with Crippen molar-refractivity contribution < 1.29 is 4.74 Å². The van der Waals surface area contributed by atoms with E-state index in [4.69, 9.17) is 9.73 Å². The van der Waals surface area contributed by atoms with Crippen LogP contribution in [-0.4, -0.2) is 33.7 Å². The fraction of sp³-hybridized carbons (Fsp3) is 0.526. The number of aliphatic imine (C=N–C) groups is 1. The Labute approximate surface area is 152 Å². The van der Waals surface area contributed by atoms with E-state index in [2.05, 4.69) is 40.2 Å². The second-order valence-electron chi connectivity index (χ2n) is 7.04. The Kier molecular flexibility index (Phi) is 4.70. The number of benzene rings is 1. The van der Waals surface area contributed by atoms with E-state index in [1.54, 1.807) is 0 Å². The first-order valence-electron chi connectivity index (χ1n) is 9.10. The van der Waals surface area contributed by atoms with Gasteiger partial charge in [0.05, 0.1) is 12.0 Å². The van der Waals surface area contributed by atoms with Crippen molar-refractivity contribution in [1.29, 1.82) is 0 Å². The van der Waals surface area contributed by atoms with Crippen LogP contribution < -0.4 is 4.74 Å². The van der Waals surface area contributed by atoms with Gasteiger partial charge >= 0.3 is 0 Å². The molecule has 6 heteroatoms. The smallest absolute Gasteiger partial charge is 0.298 e. The molecule has 0 bridgehead atoms. The SMILES string of the molecule is Cc1cc(Oc2nc(C3CC3)ns2)c(C)cc1/N=C/N1CCCCC1. The van der Waals surface area contributed by atoms with Crippen molar-refractivity contribution in [2.75, 3.05) is 13.1 Å². The maximum absolute atomic E-state index is 5.98. The average Bonchev–Trinajstić information content (AvgIpc) is 3.37. The van der Waals surface area contributed by atoms with Crippen molar-refractivity contribution in [3.05, 3.63) is 29.1 Å². The molecule has 2 aromatic rings. The van der Waals surface area contributed by atoms with Crippen LogP contribution in [-0.2, 0) is 0 Å². The molecule has 1 saturated heterocycles. The molecule has 25 heavy (non-hydrogen) atoms. The number of piperidine rings is 1. The van der Waals surface area contributed by atoms with E-state index in [1.807, 2.05) is 6.34 Å². The van der Waals surface area contributed by atoms with Gasteiger partial charge in [-0.05, 0) is 69.2 Å². The van der Waals surface area contributed by atoms with Gasteiger partial charge in [-0.2, -0.15) is 9.36 Å². The molecule has 1 aromatic carbocycles. The highest BCUT2D eigenvalue weighted by molar-refractivity contribution is 7.07. The standard InChI is InChI=1S/C19H24N4OS/c1-13-11-17(24-19-21-18(22-25-19)15-6-7-15)14(2)10-16(13)20-12-23-8-4-3-5-9-23/h10-12,15H,3-9H2,1-2H3/b20-12+. The lowest BCUT2D eigenvalue weighted by molar-refractivity contribution is 0.351. The Morgan fingerprint density at radius 2 is 1.96 bits per heavy atom. The minimum absolute atomic E-state index is 0.558. The van der Waals surface area contributed by atoms with Crippen LogP contribution in [0.25, 0.3) is 0 Å². The van der Waals surface area contributed by atoms with Crippen molar-refractivity contribution in [2.24, 2.45) is 4.99 Å². The van der Waals surface area contributed by atoms with Crippen LogP contribution >= 0.6 is 11.5 Å². The third kappa shape index (κ3) is 4.00. The summed E-state index contributed by atoms with van der Waals surface area (Å²) in [6.45, 7) is 6.36. The van der Waals surface area contributed by atoms with Gasteiger partial charge in [-0.15, -0.1) is 0 Å². The summed E-state index contributed by atoms with van der Waals surface area (Å²) >= 11 is 1.34. The largest absolute Gasteiger partial charge is 0.430 e. The molecule has 4 rings (SSSR count). The van der Waals surface area contributed by atoms with Gasteiger partial charge in [-0.3, -0.25) is 0 Å². The van der Waals surface area contributed by atoms with Crippen LogP contribution in [0, 0.1) is 13.8 Å². The van der Waals surface area contributed by atoms with Gasteiger partial charge in [0.2, 0.25) is 0 Å². The summed E-state index contributed by atoms with van der Waals surface area (Å²) in [6.07, 6.45) is 8.27. The molecule has 1 saturated carbocycles. The molecule has 2 aliphatic rings. The molecule has 2 fully saturated rings. The number of aromatic nitrogens is 2. The van der Waals surface area contributed by atoms with Crippen molar-refractivity contribution in [3.63, 3.8) is 0 Å². The quantitative estimate of drug-likeness (QED) is 0.560. The molecule has 1 aromatic heterocycles. The lowest BCUT2D eigenvalue weighted by atomic mass is 10.1. The lowest BCUT2D eigenvalue weighted by Crippen LogP contribution is -2.28. The Morgan fingerprint density at radius 1 is 1.16 bits per heavy atom. The first-order chi connectivity index (χ1) is 12.2. The van der Waals surface area contributed by atoms with E-state index >= 15 is 0 Å².